The van der Waals surface area contributed by atoms with Gasteiger partial charge in [-0.25, -0.2) is 0 Å². The number of nitro groups is 2. The SMILES string of the molecule is O=C1C(=O)N(c2cccc(C(F)(F)F)c2)C(c2ccccc2[N+](=O)[O-])/C1=C(\O)c1ccc([N+](=O)[O-])cc1. The van der Waals surface area contributed by atoms with Crippen molar-refractivity contribution in [2.75, 3.05) is 4.90 Å². The van der Waals surface area contributed by atoms with Gasteiger partial charge in [0.2, 0.25) is 0 Å². The number of nitro benzene ring substituents is 2. The number of hydrogen-bond acceptors (Lipinski definition) is 7. The number of para-hydroxylation sites is 1. The van der Waals surface area contributed by atoms with Gasteiger partial charge in [0.05, 0.1) is 26.5 Å². The number of aliphatic hydroxyl groups is 1. The third-order valence-corrected chi connectivity index (χ3v) is 5.68. The summed E-state index contributed by atoms with van der Waals surface area (Å²) in [5.74, 6) is -3.45. The standard InChI is InChI=1S/C24H14F3N3O7/c25-24(26,27)14-4-3-5-16(12-14)28-20(17-6-1-2-7-18(17)30(36)37)19(22(32)23(28)33)21(31)13-8-10-15(11-9-13)29(34)35/h1-12,20,31H/b21-19+. The van der Waals surface area contributed by atoms with Crippen LogP contribution in [0, 0.1) is 20.2 Å². The zero-order valence-corrected chi connectivity index (χ0v) is 18.4. The van der Waals surface area contributed by atoms with Crippen LogP contribution < -0.4 is 4.90 Å². The molecule has 0 radical (unpaired) electrons. The summed E-state index contributed by atoms with van der Waals surface area (Å²) >= 11 is 0. The summed E-state index contributed by atoms with van der Waals surface area (Å²) in [7, 11) is 0. The van der Waals surface area contributed by atoms with E-state index in [1.54, 1.807) is 0 Å². The van der Waals surface area contributed by atoms with E-state index >= 15 is 0 Å². The van der Waals surface area contributed by atoms with Crippen molar-refractivity contribution in [3.8, 4) is 0 Å². The molecule has 1 N–H and O–H groups in total. The van der Waals surface area contributed by atoms with Gasteiger partial charge in [-0.15, -0.1) is 0 Å². The van der Waals surface area contributed by atoms with Crippen molar-refractivity contribution in [3.63, 3.8) is 0 Å². The fourth-order valence-electron chi connectivity index (χ4n) is 4.01. The van der Waals surface area contributed by atoms with Gasteiger partial charge in [-0.1, -0.05) is 18.2 Å². The number of Topliss-reactive ketones (excluding diaryl/α,β-unsaturated/α-hetero) is 1. The van der Waals surface area contributed by atoms with Gasteiger partial charge < -0.3 is 5.11 Å². The van der Waals surface area contributed by atoms with Crippen molar-refractivity contribution in [2.24, 2.45) is 0 Å². The number of aliphatic hydroxyl groups excluding tert-OH is 1. The molecule has 1 unspecified atom stereocenters. The molecule has 1 fully saturated rings. The molecule has 188 valence electrons. The first-order chi connectivity index (χ1) is 17.4. The largest absolute Gasteiger partial charge is 0.507 e. The molecule has 3 aromatic carbocycles. The smallest absolute Gasteiger partial charge is 0.416 e. The lowest BCUT2D eigenvalue weighted by molar-refractivity contribution is -0.385. The third kappa shape index (κ3) is 4.49. The van der Waals surface area contributed by atoms with Crippen LogP contribution in [0.1, 0.15) is 22.7 Å². The molecule has 1 aliphatic rings. The van der Waals surface area contributed by atoms with Gasteiger partial charge in [0, 0.05) is 29.4 Å². The molecule has 0 spiro atoms. The Labute approximate surface area is 205 Å². The van der Waals surface area contributed by atoms with Gasteiger partial charge in [0.25, 0.3) is 23.1 Å². The van der Waals surface area contributed by atoms with Crippen molar-refractivity contribution in [1.29, 1.82) is 0 Å². The molecule has 0 saturated carbocycles. The second kappa shape index (κ2) is 9.18. The third-order valence-electron chi connectivity index (χ3n) is 5.68. The summed E-state index contributed by atoms with van der Waals surface area (Å²) in [4.78, 5) is 48.1. The molecule has 1 saturated heterocycles. The number of rotatable bonds is 5. The van der Waals surface area contributed by atoms with E-state index in [4.69, 9.17) is 0 Å². The average Bonchev–Trinajstić information content (AvgIpc) is 3.13. The second-order valence-electron chi connectivity index (χ2n) is 7.84. The van der Waals surface area contributed by atoms with Crippen LogP contribution in [0.4, 0.5) is 30.2 Å². The monoisotopic (exact) mass is 513 g/mol. The maximum Gasteiger partial charge on any atom is 0.416 e. The summed E-state index contributed by atoms with van der Waals surface area (Å²) in [5, 5.41) is 33.7. The van der Waals surface area contributed by atoms with Gasteiger partial charge in [0.15, 0.2) is 0 Å². The van der Waals surface area contributed by atoms with Gasteiger partial charge in [-0.2, -0.15) is 13.2 Å². The van der Waals surface area contributed by atoms with Crippen molar-refractivity contribution in [1.82, 2.24) is 0 Å². The Morgan fingerprint density at radius 2 is 1.54 bits per heavy atom. The van der Waals surface area contributed by atoms with E-state index in [1.807, 2.05) is 0 Å². The first-order valence-electron chi connectivity index (χ1n) is 10.4. The summed E-state index contributed by atoms with van der Waals surface area (Å²) in [6.07, 6.45) is -4.80. The van der Waals surface area contributed by atoms with E-state index in [-0.39, 0.29) is 22.5 Å². The van der Waals surface area contributed by atoms with E-state index in [1.165, 1.54) is 18.2 Å². The topological polar surface area (TPSA) is 144 Å². The van der Waals surface area contributed by atoms with Crippen LogP contribution in [-0.2, 0) is 15.8 Å². The minimum atomic E-state index is -4.80. The van der Waals surface area contributed by atoms with E-state index < -0.39 is 56.3 Å². The predicted octanol–water partition coefficient (Wildman–Crippen LogP) is 5.15. The summed E-state index contributed by atoms with van der Waals surface area (Å²) in [6.45, 7) is 0. The van der Waals surface area contributed by atoms with Crippen molar-refractivity contribution >= 4 is 34.5 Å². The normalized spacial score (nSPS) is 17.2. The van der Waals surface area contributed by atoms with Crippen molar-refractivity contribution in [3.05, 3.63) is 115 Å². The minimum Gasteiger partial charge on any atom is -0.507 e. The number of nitrogens with zero attached hydrogens (tertiary/aromatic N) is 3. The molecular formula is C24H14F3N3O7. The molecular weight excluding hydrogens is 499 g/mol. The van der Waals surface area contributed by atoms with E-state index in [0.29, 0.717) is 11.0 Å². The number of carbonyl (C=O) groups excluding carboxylic acids is 2. The number of amides is 1. The molecule has 0 aromatic heterocycles. The molecule has 1 heterocycles. The minimum absolute atomic E-state index is 0.128. The van der Waals surface area contributed by atoms with E-state index in [0.717, 1.165) is 48.5 Å². The number of carbonyl (C=O) groups is 2. The number of non-ortho nitro benzene ring substituents is 1. The fraction of sp³-hybridized carbons (Fsp3) is 0.0833. The Morgan fingerprint density at radius 3 is 2.14 bits per heavy atom. The molecule has 1 aliphatic heterocycles. The highest BCUT2D eigenvalue weighted by molar-refractivity contribution is 6.51. The molecule has 0 aliphatic carbocycles. The highest BCUT2D eigenvalue weighted by atomic mass is 19.4. The Morgan fingerprint density at radius 1 is 0.892 bits per heavy atom. The Hall–Kier alpha value is -5.07. The number of hydrogen-bond donors (Lipinski definition) is 1. The second-order valence-corrected chi connectivity index (χ2v) is 7.84. The number of halogens is 3. The summed E-state index contributed by atoms with van der Waals surface area (Å²) in [5.41, 5.74) is -3.42. The van der Waals surface area contributed by atoms with Crippen molar-refractivity contribution in [2.45, 2.75) is 12.2 Å². The lowest BCUT2D eigenvalue weighted by Crippen LogP contribution is -2.30. The van der Waals surface area contributed by atoms with Gasteiger partial charge in [0.1, 0.15) is 11.8 Å². The van der Waals surface area contributed by atoms with Crippen LogP contribution in [0.25, 0.3) is 5.76 Å². The molecule has 1 atom stereocenters. The molecule has 4 rings (SSSR count). The molecule has 13 heteroatoms. The van der Waals surface area contributed by atoms with Gasteiger partial charge >= 0.3 is 6.18 Å². The number of anilines is 1. The zero-order valence-electron chi connectivity index (χ0n) is 18.4. The van der Waals surface area contributed by atoms with Crippen LogP contribution in [0.3, 0.4) is 0 Å². The highest BCUT2D eigenvalue weighted by Crippen LogP contribution is 2.45. The quantitative estimate of drug-likeness (QED) is 0.163. The summed E-state index contributed by atoms with van der Waals surface area (Å²) in [6, 6.07) is 11.0. The van der Waals surface area contributed by atoms with E-state index in [2.05, 4.69) is 0 Å². The van der Waals surface area contributed by atoms with Crippen LogP contribution in [0.2, 0.25) is 0 Å². The Balaban J connectivity index is 1.99. The predicted molar refractivity (Wildman–Crippen MR) is 122 cm³/mol. The molecule has 1 amide bonds. The molecule has 10 nitrogen and oxygen atoms in total. The molecule has 0 bridgehead atoms. The van der Waals surface area contributed by atoms with Crippen LogP contribution >= 0.6 is 0 Å². The Bertz CT molecular complexity index is 1480. The number of alkyl halides is 3. The average molecular weight is 513 g/mol. The highest BCUT2D eigenvalue weighted by Gasteiger charge is 2.49. The fourth-order valence-corrected chi connectivity index (χ4v) is 4.01. The number of benzene rings is 3. The Kier molecular flexibility index (Phi) is 6.21. The van der Waals surface area contributed by atoms with Gasteiger partial charge in [-0.05, 0) is 36.4 Å². The van der Waals surface area contributed by atoms with Crippen LogP contribution in [0.15, 0.2) is 78.4 Å². The lowest BCUT2D eigenvalue weighted by Gasteiger charge is -2.25. The maximum absolute atomic E-state index is 13.4. The van der Waals surface area contributed by atoms with Crippen LogP contribution in [-0.4, -0.2) is 26.6 Å². The first kappa shape index (κ1) is 25.0. The maximum atomic E-state index is 13.4. The molecule has 3 aromatic rings. The zero-order chi connectivity index (χ0) is 27.1. The van der Waals surface area contributed by atoms with Crippen LogP contribution in [0.5, 0.6) is 0 Å². The first-order valence-corrected chi connectivity index (χ1v) is 10.4. The van der Waals surface area contributed by atoms with Crippen molar-refractivity contribution < 1.29 is 37.7 Å². The summed E-state index contributed by atoms with van der Waals surface area (Å²) < 4.78 is 40.1. The number of ketones is 1. The lowest BCUT2D eigenvalue weighted by atomic mass is 9.94. The molecule has 37 heavy (non-hydrogen) atoms. The van der Waals surface area contributed by atoms with E-state index in [9.17, 15) is 48.1 Å². The van der Waals surface area contributed by atoms with Gasteiger partial charge in [-0.3, -0.25) is 34.7 Å².